The molecule has 2 N–H and O–H groups in total. The summed E-state index contributed by atoms with van der Waals surface area (Å²) >= 11 is 3.40. The molecule has 0 aliphatic carbocycles. The molecule has 0 aliphatic rings. The summed E-state index contributed by atoms with van der Waals surface area (Å²) in [5.41, 5.74) is 7.71. The summed E-state index contributed by atoms with van der Waals surface area (Å²) in [6, 6.07) is 13.6. The summed E-state index contributed by atoms with van der Waals surface area (Å²) in [5, 5.41) is 1.97. The molecule has 20 heavy (non-hydrogen) atoms. The third kappa shape index (κ3) is 2.34. The average molecular weight is 329 g/mol. The second kappa shape index (κ2) is 5.13. The summed E-state index contributed by atoms with van der Waals surface area (Å²) in [5.74, 6) is 1.36. The molecule has 1 heterocycles. The fraction of sp³-hybridized carbons (Fsp3) is 0.0625. The monoisotopic (exact) mass is 328 g/mol. The van der Waals surface area contributed by atoms with E-state index in [1.807, 2.05) is 49.4 Å². The van der Waals surface area contributed by atoms with Gasteiger partial charge in [0.25, 0.3) is 0 Å². The minimum absolute atomic E-state index is 0.600. The third-order valence-corrected chi connectivity index (χ3v) is 3.55. The SMILES string of the molecule is Cc1cc(Br)cnc1Oc1ccc(N)c2ccccc12. The van der Waals surface area contributed by atoms with Crippen LogP contribution in [-0.4, -0.2) is 4.98 Å². The van der Waals surface area contributed by atoms with Gasteiger partial charge in [0.1, 0.15) is 5.75 Å². The fourth-order valence-electron chi connectivity index (χ4n) is 2.12. The predicted molar refractivity (Wildman–Crippen MR) is 85.1 cm³/mol. The highest BCUT2D eigenvalue weighted by Crippen LogP contribution is 2.33. The number of anilines is 1. The number of benzene rings is 2. The van der Waals surface area contributed by atoms with Crippen LogP contribution in [0.1, 0.15) is 5.56 Å². The van der Waals surface area contributed by atoms with Gasteiger partial charge in [0.05, 0.1) is 0 Å². The van der Waals surface area contributed by atoms with Gasteiger partial charge in [-0.2, -0.15) is 0 Å². The molecule has 3 aromatic rings. The first-order valence-corrected chi connectivity index (χ1v) is 7.01. The summed E-state index contributed by atoms with van der Waals surface area (Å²) in [6.07, 6.45) is 1.72. The average Bonchev–Trinajstić information content (AvgIpc) is 2.45. The topological polar surface area (TPSA) is 48.1 Å². The van der Waals surface area contributed by atoms with Crippen LogP contribution >= 0.6 is 15.9 Å². The largest absolute Gasteiger partial charge is 0.438 e. The number of pyridine rings is 1. The van der Waals surface area contributed by atoms with Crippen LogP contribution in [0.5, 0.6) is 11.6 Å². The second-order valence-electron chi connectivity index (χ2n) is 4.58. The van der Waals surface area contributed by atoms with Crippen molar-refractivity contribution in [3.63, 3.8) is 0 Å². The Hall–Kier alpha value is -2.07. The maximum atomic E-state index is 5.99. The van der Waals surface area contributed by atoms with E-state index in [1.54, 1.807) is 6.20 Å². The van der Waals surface area contributed by atoms with Gasteiger partial charge in [0.15, 0.2) is 0 Å². The van der Waals surface area contributed by atoms with Crippen LogP contribution in [-0.2, 0) is 0 Å². The Kier molecular flexibility index (Phi) is 3.32. The van der Waals surface area contributed by atoms with Crippen molar-refractivity contribution in [2.75, 3.05) is 5.73 Å². The molecule has 0 saturated carbocycles. The molecule has 0 spiro atoms. The van der Waals surface area contributed by atoms with E-state index in [0.29, 0.717) is 5.88 Å². The first-order chi connectivity index (χ1) is 9.65. The number of rotatable bonds is 2. The number of halogens is 1. The van der Waals surface area contributed by atoms with Crippen LogP contribution < -0.4 is 10.5 Å². The van der Waals surface area contributed by atoms with Gasteiger partial charge in [-0.25, -0.2) is 4.98 Å². The van der Waals surface area contributed by atoms with Crippen LogP contribution in [0, 0.1) is 6.92 Å². The predicted octanol–water partition coefficient (Wildman–Crippen LogP) is 4.68. The Morgan fingerprint density at radius 2 is 1.85 bits per heavy atom. The van der Waals surface area contributed by atoms with Crippen LogP contribution in [0.4, 0.5) is 5.69 Å². The molecule has 100 valence electrons. The summed E-state index contributed by atoms with van der Waals surface area (Å²) in [7, 11) is 0. The van der Waals surface area contributed by atoms with Crippen LogP contribution in [0.3, 0.4) is 0 Å². The normalized spacial score (nSPS) is 10.7. The molecule has 1 aromatic heterocycles. The fourth-order valence-corrected chi connectivity index (χ4v) is 2.57. The van der Waals surface area contributed by atoms with E-state index >= 15 is 0 Å². The van der Waals surface area contributed by atoms with E-state index < -0.39 is 0 Å². The van der Waals surface area contributed by atoms with Gasteiger partial charge in [0.2, 0.25) is 5.88 Å². The minimum Gasteiger partial charge on any atom is -0.438 e. The lowest BCUT2D eigenvalue weighted by atomic mass is 10.1. The molecule has 3 rings (SSSR count). The molecule has 4 heteroatoms. The molecule has 0 amide bonds. The van der Waals surface area contributed by atoms with Crippen molar-refractivity contribution in [2.24, 2.45) is 0 Å². The summed E-state index contributed by atoms with van der Waals surface area (Å²) in [6.45, 7) is 1.96. The number of hydrogen-bond donors (Lipinski definition) is 1. The number of fused-ring (bicyclic) bond motifs is 1. The van der Waals surface area contributed by atoms with E-state index in [4.69, 9.17) is 10.5 Å². The van der Waals surface area contributed by atoms with Gasteiger partial charge < -0.3 is 10.5 Å². The molecule has 0 radical (unpaired) electrons. The Bertz CT molecular complexity index is 787. The second-order valence-corrected chi connectivity index (χ2v) is 5.49. The van der Waals surface area contributed by atoms with Crippen LogP contribution in [0.15, 0.2) is 53.1 Å². The maximum absolute atomic E-state index is 5.99. The number of nitrogens with zero attached hydrogens (tertiary/aromatic N) is 1. The Morgan fingerprint density at radius 3 is 2.60 bits per heavy atom. The summed E-state index contributed by atoms with van der Waals surface area (Å²) < 4.78 is 6.88. The lowest BCUT2D eigenvalue weighted by Gasteiger charge is -2.11. The highest BCUT2D eigenvalue weighted by Gasteiger charge is 2.08. The lowest BCUT2D eigenvalue weighted by Crippen LogP contribution is -1.94. The smallest absolute Gasteiger partial charge is 0.222 e. The molecule has 0 saturated heterocycles. The molecule has 0 fully saturated rings. The number of nitrogens with two attached hydrogens (primary N) is 1. The Labute approximate surface area is 125 Å². The van der Waals surface area contributed by atoms with Crippen LogP contribution in [0.25, 0.3) is 10.8 Å². The standard InChI is InChI=1S/C16H13BrN2O/c1-10-8-11(17)9-19-16(10)20-15-7-6-14(18)12-4-2-3-5-13(12)15/h2-9H,18H2,1H3. The first kappa shape index (κ1) is 12.9. The van der Waals surface area contributed by atoms with Gasteiger partial charge >= 0.3 is 0 Å². The highest BCUT2D eigenvalue weighted by molar-refractivity contribution is 9.10. The zero-order valence-electron chi connectivity index (χ0n) is 10.9. The minimum atomic E-state index is 0.600. The van der Waals surface area contributed by atoms with E-state index in [2.05, 4.69) is 20.9 Å². The zero-order chi connectivity index (χ0) is 14.1. The number of aromatic nitrogens is 1. The van der Waals surface area contributed by atoms with E-state index in [0.717, 1.165) is 32.2 Å². The van der Waals surface area contributed by atoms with Gasteiger partial charge in [-0.05, 0) is 41.1 Å². The van der Waals surface area contributed by atoms with Crippen molar-refractivity contribution in [3.05, 3.63) is 58.7 Å². The van der Waals surface area contributed by atoms with E-state index in [-0.39, 0.29) is 0 Å². The Morgan fingerprint density at radius 1 is 1.10 bits per heavy atom. The van der Waals surface area contributed by atoms with Gasteiger partial charge in [-0.3, -0.25) is 0 Å². The van der Waals surface area contributed by atoms with Crippen molar-refractivity contribution in [3.8, 4) is 11.6 Å². The van der Waals surface area contributed by atoms with Crippen molar-refractivity contribution >= 4 is 32.4 Å². The van der Waals surface area contributed by atoms with Gasteiger partial charge in [-0.1, -0.05) is 24.3 Å². The molecule has 2 aromatic carbocycles. The molecular formula is C16H13BrN2O. The first-order valence-electron chi connectivity index (χ1n) is 6.22. The molecular weight excluding hydrogens is 316 g/mol. The number of ether oxygens (including phenoxy) is 1. The van der Waals surface area contributed by atoms with Crippen LogP contribution in [0.2, 0.25) is 0 Å². The van der Waals surface area contributed by atoms with Crippen molar-refractivity contribution in [1.29, 1.82) is 0 Å². The van der Waals surface area contributed by atoms with Gasteiger partial charge in [0, 0.05) is 32.7 Å². The molecule has 3 nitrogen and oxygen atoms in total. The van der Waals surface area contributed by atoms with Gasteiger partial charge in [-0.15, -0.1) is 0 Å². The maximum Gasteiger partial charge on any atom is 0.222 e. The number of nitrogen functional groups attached to an aromatic ring is 1. The van der Waals surface area contributed by atoms with Crippen molar-refractivity contribution in [1.82, 2.24) is 4.98 Å². The van der Waals surface area contributed by atoms with E-state index in [9.17, 15) is 0 Å². The Balaban J connectivity index is 2.09. The molecule has 0 unspecified atom stereocenters. The summed E-state index contributed by atoms with van der Waals surface area (Å²) in [4.78, 5) is 4.30. The zero-order valence-corrected chi connectivity index (χ0v) is 12.5. The highest BCUT2D eigenvalue weighted by atomic mass is 79.9. The quantitative estimate of drug-likeness (QED) is 0.695. The molecule has 0 atom stereocenters. The number of hydrogen-bond acceptors (Lipinski definition) is 3. The van der Waals surface area contributed by atoms with E-state index in [1.165, 1.54) is 0 Å². The van der Waals surface area contributed by atoms with Crippen molar-refractivity contribution < 1.29 is 4.74 Å². The van der Waals surface area contributed by atoms with Crippen molar-refractivity contribution in [2.45, 2.75) is 6.92 Å². The number of aryl methyl sites for hydroxylation is 1. The molecule has 0 aliphatic heterocycles. The third-order valence-electron chi connectivity index (χ3n) is 3.12. The molecule has 0 bridgehead atoms. The lowest BCUT2D eigenvalue weighted by molar-refractivity contribution is 0.464.